The average molecular weight is 145 g/mol. The number of ether oxygens (including phenoxy) is 1. The maximum Gasteiger partial charge on any atom is 0.0725 e. The summed E-state index contributed by atoms with van der Waals surface area (Å²) in [5.41, 5.74) is 0. The summed E-state index contributed by atoms with van der Waals surface area (Å²) in [4.78, 5) is 2.13. The topological polar surface area (TPSA) is 32.7 Å². The van der Waals surface area contributed by atoms with Crippen LogP contribution in [0.1, 0.15) is 6.92 Å². The van der Waals surface area contributed by atoms with Crippen LogP contribution in [0.25, 0.3) is 0 Å². The molecule has 0 aliphatic carbocycles. The summed E-state index contributed by atoms with van der Waals surface area (Å²) in [5.74, 6) is 0. The predicted octanol–water partition coefficient (Wildman–Crippen LogP) is -0.302. The van der Waals surface area contributed by atoms with Gasteiger partial charge >= 0.3 is 0 Å². The molecule has 3 nitrogen and oxygen atoms in total. The third-order valence-electron chi connectivity index (χ3n) is 2.12. The van der Waals surface area contributed by atoms with E-state index < -0.39 is 0 Å². The van der Waals surface area contributed by atoms with Gasteiger partial charge in [0.15, 0.2) is 0 Å². The highest BCUT2D eigenvalue weighted by atomic mass is 16.5. The molecule has 1 rings (SSSR count). The fourth-order valence-corrected chi connectivity index (χ4v) is 1.31. The van der Waals surface area contributed by atoms with Crippen molar-refractivity contribution >= 4 is 0 Å². The van der Waals surface area contributed by atoms with Gasteiger partial charge in [0.1, 0.15) is 0 Å². The van der Waals surface area contributed by atoms with Crippen molar-refractivity contribution in [3.63, 3.8) is 0 Å². The highest BCUT2D eigenvalue weighted by Gasteiger charge is 2.25. The van der Waals surface area contributed by atoms with Gasteiger partial charge < -0.3 is 9.84 Å². The summed E-state index contributed by atoms with van der Waals surface area (Å²) in [6, 6.07) is 0.189. The summed E-state index contributed by atoms with van der Waals surface area (Å²) < 4.78 is 5.35. The molecule has 0 aromatic rings. The van der Waals surface area contributed by atoms with Crippen molar-refractivity contribution in [2.45, 2.75) is 19.1 Å². The Morgan fingerprint density at radius 3 is 2.80 bits per heavy atom. The summed E-state index contributed by atoms with van der Waals surface area (Å²) in [6.45, 7) is 3.90. The molecule has 1 aliphatic rings. The first-order valence-electron chi connectivity index (χ1n) is 3.68. The van der Waals surface area contributed by atoms with Crippen LogP contribution in [0.5, 0.6) is 0 Å². The first-order chi connectivity index (χ1) is 4.75. The molecular weight excluding hydrogens is 130 g/mol. The number of aliphatic hydroxyl groups excluding tert-OH is 1. The van der Waals surface area contributed by atoms with E-state index in [-0.39, 0.29) is 18.8 Å². The van der Waals surface area contributed by atoms with E-state index in [2.05, 4.69) is 4.90 Å². The second kappa shape index (κ2) is 3.32. The van der Waals surface area contributed by atoms with Crippen molar-refractivity contribution in [3.8, 4) is 0 Å². The fraction of sp³-hybridized carbons (Fsp3) is 1.00. The Hall–Kier alpha value is -0.120. The van der Waals surface area contributed by atoms with Crippen LogP contribution in [-0.4, -0.2) is 49.0 Å². The first-order valence-corrected chi connectivity index (χ1v) is 3.68. The molecule has 1 heterocycles. The molecule has 0 saturated carbocycles. The molecular formula is C7H15NO2. The molecule has 3 heteroatoms. The van der Waals surface area contributed by atoms with Gasteiger partial charge in [0.2, 0.25) is 0 Å². The largest absolute Gasteiger partial charge is 0.395 e. The molecule has 1 fully saturated rings. The smallest absolute Gasteiger partial charge is 0.0725 e. The van der Waals surface area contributed by atoms with E-state index in [9.17, 15) is 0 Å². The van der Waals surface area contributed by atoms with Gasteiger partial charge in [-0.2, -0.15) is 0 Å². The van der Waals surface area contributed by atoms with E-state index in [0.717, 1.165) is 13.2 Å². The van der Waals surface area contributed by atoms with Gasteiger partial charge in [-0.15, -0.1) is 0 Å². The van der Waals surface area contributed by atoms with Crippen molar-refractivity contribution in [3.05, 3.63) is 0 Å². The van der Waals surface area contributed by atoms with Crippen molar-refractivity contribution in [1.82, 2.24) is 4.90 Å². The molecule has 1 aliphatic heterocycles. The molecule has 0 spiro atoms. The minimum atomic E-state index is 0.170. The Kier molecular flexibility index (Phi) is 2.65. The Bertz CT molecular complexity index is 97.8. The predicted molar refractivity (Wildman–Crippen MR) is 38.9 cm³/mol. The lowest BCUT2D eigenvalue weighted by atomic mass is 10.1. The number of hydrogen-bond acceptors (Lipinski definition) is 3. The molecule has 0 bridgehead atoms. The third-order valence-corrected chi connectivity index (χ3v) is 2.12. The van der Waals surface area contributed by atoms with Crippen molar-refractivity contribution in [1.29, 1.82) is 0 Å². The first kappa shape index (κ1) is 7.98. The normalized spacial score (nSPS) is 36.3. The average Bonchev–Trinajstić information content (AvgIpc) is 1.88. The summed E-state index contributed by atoms with van der Waals surface area (Å²) >= 11 is 0. The van der Waals surface area contributed by atoms with E-state index in [0.29, 0.717) is 0 Å². The zero-order valence-electron chi connectivity index (χ0n) is 6.58. The van der Waals surface area contributed by atoms with Crippen LogP contribution in [0.15, 0.2) is 0 Å². The van der Waals surface area contributed by atoms with Gasteiger partial charge in [0.25, 0.3) is 0 Å². The number of likely N-dealkylation sites (N-methyl/N-ethyl adjacent to an activating group) is 1. The van der Waals surface area contributed by atoms with E-state index in [1.54, 1.807) is 0 Å². The summed E-state index contributed by atoms with van der Waals surface area (Å²) in [5, 5.41) is 8.91. The van der Waals surface area contributed by atoms with Gasteiger partial charge in [-0.05, 0) is 14.0 Å². The second-order valence-corrected chi connectivity index (χ2v) is 2.81. The number of aliphatic hydroxyl groups is 1. The van der Waals surface area contributed by atoms with Gasteiger partial charge in [-0.1, -0.05) is 0 Å². The summed E-state index contributed by atoms with van der Waals surface area (Å²) in [7, 11) is 2.01. The highest BCUT2D eigenvalue weighted by molar-refractivity contribution is 4.77. The van der Waals surface area contributed by atoms with Crippen LogP contribution in [0.2, 0.25) is 0 Å². The lowest BCUT2D eigenvalue weighted by molar-refractivity contribution is -0.0672. The molecule has 1 N–H and O–H groups in total. The van der Waals surface area contributed by atoms with Crippen molar-refractivity contribution < 1.29 is 9.84 Å². The summed E-state index contributed by atoms with van der Waals surface area (Å²) in [6.07, 6.45) is 0.170. The van der Waals surface area contributed by atoms with Crippen LogP contribution < -0.4 is 0 Å². The van der Waals surface area contributed by atoms with E-state index >= 15 is 0 Å². The van der Waals surface area contributed by atoms with Gasteiger partial charge in [-0.3, -0.25) is 4.90 Å². The molecule has 60 valence electrons. The number of nitrogens with zero attached hydrogens (tertiary/aromatic N) is 1. The molecule has 10 heavy (non-hydrogen) atoms. The molecule has 1 saturated heterocycles. The van der Waals surface area contributed by atoms with Crippen molar-refractivity contribution in [2.75, 3.05) is 26.8 Å². The van der Waals surface area contributed by atoms with Crippen LogP contribution in [0.3, 0.4) is 0 Å². The van der Waals surface area contributed by atoms with Crippen LogP contribution in [-0.2, 0) is 4.74 Å². The third kappa shape index (κ3) is 1.48. The van der Waals surface area contributed by atoms with Crippen LogP contribution in [0, 0.1) is 0 Å². The number of hydrogen-bond donors (Lipinski definition) is 1. The van der Waals surface area contributed by atoms with Gasteiger partial charge in [0.05, 0.1) is 25.4 Å². The molecule has 0 radical (unpaired) electrons. The zero-order valence-corrected chi connectivity index (χ0v) is 6.58. The Labute approximate surface area is 61.6 Å². The monoisotopic (exact) mass is 145 g/mol. The lowest BCUT2D eigenvalue weighted by Crippen LogP contribution is -2.49. The minimum Gasteiger partial charge on any atom is -0.395 e. The van der Waals surface area contributed by atoms with E-state index in [4.69, 9.17) is 9.84 Å². The molecule has 0 aromatic heterocycles. The Balaban J connectivity index is 2.45. The van der Waals surface area contributed by atoms with Crippen LogP contribution in [0.4, 0.5) is 0 Å². The second-order valence-electron chi connectivity index (χ2n) is 2.81. The Morgan fingerprint density at radius 2 is 2.40 bits per heavy atom. The van der Waals surface area contributed by atoms with Gasteiger partial charge in [-0.25, -0.2) is 0 Å². The number of rotatable bonds is 1. The maximum absolute atomic E-state index is 8.91. The molecule has 0 amide bonds. The van der Waals surface area contributed by atoms with E-state index in [1.807, 2.05) is 14.0 Å². The standard InChI is InChI=1S/C7H15NO2/c1-6-7(5-9)8(2)3-4-10-6/h6-7,9H,3-5H2,1-2H3/t6-,7-/m0/s1. The van der Waals surface area contributed by atoms with Crippen LogP contribution >= 0.6 is 0 Å². The highest BCUT2D eigenvalue weighted by Crippen LogP contribution is 2.10. The van der Waals surface area contributed by atoms with Gasteiger partial charge in [0, 0.05) is 6.54 Å². The Morgan fingerprint density at radius 1 is 1.70 bits per heavy atom. The van der Waals surface area contributed by atoms with E-state index in [1.165, 1.54) is 0 Å². The minimum absolute atomic E-state index is 0.170. The zero-order chi connectivity index (χ0) is 7.56. The fourth-order valence-electron chi connectivity index (χ4n) is 1.31. The quantitative estimate of drug-likeness (QED) is 0.550. The SMILES string of the molecule is C[C@@H]1OCCN(C)[C@H]1CO. The lowest BCUT2D eigenvalue weighted by Gasteiger charge is -2.36. The molecule has 0 unspecified atom stereocenters. The van der Waals surface area contributed by atoms with Crippen molar-refractivity contribution in [2.24, 2.45) is 0 Å². The molecule has 0 aromatic carbocycles. The maximum atomic E-state index is 8.91. The number of morpholine rings is 1. The molecule has 2 atom stereocenters.